The van der Waals surface area contributed by atoms with Gasteiger partial charge >= 0.3 is 0 Å². The molecule has 4 aromatic rings. The van der Waals surface area contributed by atoms with E-state index in [-0.39, 0.29) is 5.91 Å². The average Bonchev–Trinajstić information content (AvgIpc) is 3.42. The van der Waals surface area contributed by atoms with Crippen LogP contribution in [0.2, 0.25) is 0 Å². The normalized spacial score (nSPS) is 15.5. The highest BCUT2D eigenvalue weighted by atomic mass is 32.2. The molecule has 0 unspecified atom stereocenters. The smallest absolute Gasteiger partial charge is 0.237 e. The van der Waals surface area contributed by atoms with Crippen LogP contribution in [0.15, 0.2) is 36.8 Å². The van der Waals surface area contributed by atoms with Crippen LogP contribution in [-0.2, 0) is 14.6 Å². The zero-order chi connectivity index (χ0) is 24.9. The van der Waals surface area contributed by atoms with Crippen molar-refractivity contribution in [3.05, 3.63) is 53.5 Å². The minimum atomic E-state index is -3.31. The fourth-order valence-electron chi connectivity index (χ4n) is 5.32. The number of H-pyrrole nitrogens is 1. The van der Waals surface area contributed by atoms with Crippen LogP contribution in [0.1, 0.15) is 55.2 Å². The Balaban J connectivity index is 1.45. The van der Waals surface area contributed by atoms with E-state index in [0.29, 0.717) is 24.9 Å². The third-order valence-electron chi connectivity index (χ3n) is 6.99. The topological polar surface area (TPSA) is 100 Å². The number of hydrogen-bond donors (Lipinski definition) is 1. The van der Waals surface area contributed by atoms with E-state index >= 15 is 0 Å². The van der Waals surface area contributed by atoms with Crippen LogP contribution in [0.4, 0.5) is 0 Å². The van der Waals surface area contributed by atoms with Gasteiger partial charge in [0.05, 0.1) is 5.69 Å². The van der Waals surface area contributed by atoms with Crippen molar-refractivity contribution in [2.24, 2.45) is 0 Å². The van der Waals surface area contributed by atoms with E-state index < -0.39 is 15.6 Å². The van der Waals surface area contributed by atoms with Crippen molar-refractivity contribution in [2.45, 2.75) is 45.4 Å². The SMILES string of the molecule is Cc1cc(-c2[nH]c3ccc(C4CCN(C(=O)CS(C)(=O)=O)CC4)cc3c2C(C)C)cn2ncnc12. The number of pyridine rings is 1. The summed E-state index contributed by atoms with van der Waals surface area (Å²) in [5.41, 5.74) is 7.77. The first-order valence-corrected chi connectivity index (χ1v) is 14.1. The standard InChI is InChI=1S/C26H31N5O3S/c1-16(2)24-21-12-19(18-7-9-30(10-8-18)23(32)14-35(4,33)34)5-6-22(21)29-25(24)20-11-17(3)26-27-15-28-31(26)13-20/h5-6,11-13,15-16,18,29H,7-10,14H2,1-4H3. The number of aromatic nitrogens is 4. The third-order valence-corrected chi connectivity index (χ3v) is 7.76. The average molecular weight is 494 g/mol. The van der Waals surface area contributed by atoms with Crippen molar-refractivity contribution in [1.82, 2.24) is 24.5 Å². The van der Waals surface area contributed by atoms with Crippen LogP contribution in [0, 0.1) is 6.92 Å². The first-order chi connectivity index (χ1) is 16.6. The molecule has 0 aliphatic carbocycles. The van der Waals surface area contributed by atoms with E-state index in [2.05, 4.69) is 60.1 Å². The van der Waals surface area contributed by atoms with E-state index in [1.165, 1.54) is 16.5 Å². The molecule has 3 aromatic heterocycles. The Morgan fingerprint density at radius 3 is 2.63 bits per heavy atom. The number of carbonyl (C=O) groups is 1. The molecule has 1 N–H and O–H groups in total. The highest BCUT2D eigenvalue weighted by Crippen LogP contribution is 2.38. The molecule has 1 aliphatic rings. The van der Waals surface area contributed by atoms with E-state index in [4.69, 9.17) is 0 Å². The first-order valence-electron chi connectivity index (χ1n) is 12.0. The number of nitrogens with zero attached hydrogens (tertiary/aromatic N) is 4. The van der Waals surface area contributed by atoms with Crippen LogP contribution in [0.5, 0.6) is 0 Å². The first kappa shape index (κ1) is 23.5. The molecule has 0 bridgehead atoms. The van der Waals surface area contributed by atoms with E-state index in [1.54, 1.807) is 11.2 Å². The molecule has 0 atom stereocenters. The maximum absolute atomic E-state index is 12.3. The second kappa shape index (κ2) is 8.78. The summed E-state index contributed by atoms with van der Waals surface area (Å²) in [6.07, 6.45) is 6.37. The van der Waals surface area contributed by atoms with Crippen LogP contribution < -0.4 is 0 Å². The number of amides is 1. The van der Waals surface area contributed by atoms with Crippen molar-refractivity contribution in [1.29, 1.82) is 0 Å². The highest BCUT2D eigenvalue weighted by Gasteiger charge is 2.26. The van der Waals surface area contributed by atoms with Gasteiger partial charge in [-0.15, -0.1) is 0 Å². The van der Waals surface area contributed by atoms with E-state index in [0.717, 1.165) is 47.1 Å². The predicted molar refractivity (Wildman–Crippen MR) is 137 cm³/mol. The molecule has 9 heteroatoms. The largest absolute Gasteiger partial charge is 0.354 e. The molecule has 8 nitrogen and oxygen atoms in total. The van der Waals surface area contributed by atoms with Crippen LogP contribution in [-0.4, -0.2) is 63.9 Å². The minimum absolute atomic E-state index is 0.293. The summed E-state index contributed by atoms with van der Waals surface area (Å²) in [4.78, 5) is 22.0. The van der Waals surface area contributed by atoms with Gasteiger partial charge in [0.2, 0.25) is 5.91 Å². The molecule has 1 saturated heterocycles. The number of rotatable bonds is 5. The van der Waals surface area contributed by atoms with Crippen molar-refractivity contribution >= 4 is 32.3 Å². The van der Waals surface area contributed by atoms with Crippen molar-refractivity contribution in [2.75, 3.05) is 25.1 Å². The number of hydrogen-bond acceptors (Lipinski definition) is 5. The third kappa shape index (κ3) is 4.57. The predicted octanol–water partition coefficient (Wildman–Crippen LogP) is 4.06. The highest BCUT2D eigenvalue weighted by molar-refractivity contribution is 7.91. The number of fused-ring (bicyclic) bond motifs is 2. The van der Waals surface area contributed by atoms with Gasteiger partial charge in [0, 0.05) is 42.0 Å². The maximum atomic E-state index is 12.3. The summed E-state index contributed by atoms with van der Waals surface area (Å²) in [5.74, 6) is -0.0451. The number of aromatic amines is 1. The van der Waals surface area contributed by atoms with Gasteiger partial charge in [0.25, 0.3) is 0 Å². The van der Waals surface area contributed by atoms with Crippen LogP contribution in [0.25, 0.3) is 27.8 Å². The molecule has 1 aliphatic heterocycles. The molecule has 0 spiro atoms. The molecule has 0 saturated carbocycles. The molecule has 184 valence electrons. The second-order valence-corrected chi connectivity index (χ2v) is 12.2. The summed E-state index contributed by atoms with van der Waals surface area (Å²) in [5, 5.41) is 5.56. The zero-order valence-electron chi connectivity index (χ0n) is 20.6. The van der Waals surface area contributed by atoms with Gasteiger partial charge in [0.1, 0.15) is 12.1 Å². The van der Waals surface area contributed by atoms with Crippen molar-refractivity contribution in [3.63, 3.8) is 0 Å². The lowest BCUT2D eigenvalue weighted by Crippen LogP contribution is -2.40. The Bertz CT molecular complexity index is 1530. The van der Waals surface area contributed by atoms with Crippen molar-refractivity contribution in [3.8, 4) is 11.3 Å². The molecule has 1 fully saturated rings. The molecular formula is C26H31N5O3S. The summed E-state index contributed by atoms with van der Waals surface area (Å²) in [6, 6.07) is 8.79. The Hall–Kier alpha value is -3.20. The summed E-state index contributed by atoms with van der Waals surface area (Å²) in [7, 11) is -3.31. The van der Waals surface area contributed by atoms with Gasteiger partial charge < -0.3 is 9.88 Å². The molecule has 35 heavy (non-hydrogen) atoms. The van der Waals surface area contributed by atoms with E-state index in [9.17, 15) is 13.2 Å². The number of piperidine rings is 1. The molecule has 4 heterocycles. The Labute approximate surface area is 205 Å². The quantitative estimate of drug-likeness (QED) is 0.452. The van der Waals surface area contributed by atoms with Gasteiger partial charge in [-0.3, -0.25) is 4.79 Å². The van der Waals surface area contributed by atoms with Gasteiger partial charge in [-0.1, -0.05) is 19.9 Å². The second-order valence-electron chi connectivity index (χ2n) is 10.0. The number of carbonyl (C=O) groups excluding carboxylic acids is 1. The minimum Gasteiger partial charge on any atom is -0.354 e. The lowest BCUT2D eigenvalue weighted by Gasteiger charge is -2.32. The Morgan fingerprint density at radius 2 is 1.94 bits per heavy atom. The fraction of sp³-hybridized carbons (Fsp3) is 0.423. The maximum Gasteiger partial charge on any atom is 0.237 e. The van der Waals surface area contributed by atoms with Gasteiger partial charge in [-0.2, -0.15) is 5.10 Å². The van der Waals surface area contributed by atoms with Gasteiger partial charge in [0.15, 0.2) is 15.5 Å². The van der Waals surface area contributed by atoms with Crippen LogP contribution in [0.3, 0.4) is 0 Å². The van der Waals surface area contributed by atoms with Gasteiger partial charge in [-0.25, -0.2) is 17.9 Å². The fourth-order valence-corrected chi connectivity index (χ4v) is 5.95. The number of aryl methyl sites for hydroxylation is 1. The van der Waals surface area contributed by atoms with Crippen LogP contribution >= 0.6 is 0 Å². The molecule has 1 amide bonds. The summed E-state index contributed by atoms with van der Waals surface area (Å²) >= 11 is 0. The number of nitrogens with one attached hydrogen (secondary N) is 1. The molecule has 5 rings (SSSR count). The number of likely N-dealkylation sites (tertiary alicyclic amines) is 1. The molecular weight excluding hydrogens is 462 g/mol. The van der Waals surface area contributed by atoms with Gasteiger partial charge in [-0.05, 0) is 66.5 Å². The van der Waals surface area contributed by atoms with E-state index in [1.807, 2.05) is 10.7 Å². The summed E-state index contributed by atoms with van der Waals surface area (Å²) < 4.78 is 24.8. The lowest BCUT2D eigenvalue weighted by molar-refractivity contribution is -0.129. The zero-order valence-corrected chi connectivity index (χ0v) is 21.4. The van der Waals surface area contributed by atoms with Crippen molar-refractivity contribution < 1.29 is 13.2 Å². The number of sulfone groups is 1. The lowest BCUT2D eigenvalue weighted by atomic mass is 9.87. The molecule has 1 aromatic carbocycles. The Morgan fingerprint density at radius 1 is 1.20 bits per heavy atom. The Kier molecular flexibility index (Phi) is 5.91. The number of benzene rings is 1. The molecule has 0 radical (unpaired) electrons. The monoisotopic (exact) mass is 493 g/mol. The summed E-state index contributed by atoms with van der Waals surface area (Å²) in [6.45, 7) is 7.65.